The second-order valence-electron chi connectivity index (χ2n) is 1.74. The van der Waals surface area contributed by atoms with E-state index in [1.54, 1.807) is 0 Å². The third kappa shape index (κ3) is 2.28. The van der Waals surface area contributed by atoms with Crippen LogP contribution in [0.1, 0.15) is 0 Å². The molecule has 8 heteroatoms. The number of carbonyl (C=O) groups excluding carboxylic acids is 1. The van der Waals surface area contributed by atoms with Gasteiger partial charge >= 0.3 is 6.22 Å². The van der Waals surface area contributed by atoms with E-state index in [9.17, 15) is 18.0 Å². The highest BCUT2D eigenvalue weighted by molar-refractivity contribution is 6.28. The number of halogens is 4. The van der Waals surface area contributed by atoms with Crippen molar-refractivity contribution in [1.29, 1.82) is 0 Å². The summed E-state index contributed by atoms with van der Waals surface area (Å²) in [7, 11) is 0. The van der Waals surface area contributed by atoms with Crippen LogP contribution in [-0.2, 0) is 0 Å². The molecule has 13 heavy (non-hydrogen) atoms. The molecule has 0 aliphatic carbocycles. The zero-order chi connectivity index (χ0) is 10.0. The predicted octanol–water partition coefficient (Wildman–Crippen LogP) is 1.88. The highest BCUT2D eigenvalue weighted by Gasteiger charge is 2.18. The third-order valence-corrected chi connectivity index (χ3v) is 1.11. The minimum absolute atomic E-state index is 0.714. The van der Waals surface area contributed by atoms with Gasteiger partial charge in [-0.3, -0.25) is 0 Å². The summed E-state index contributed by atoms with van der Waals surface area (Å²) in [6.07, 6.45) is -2.37. The summed E-state index contributed by atoms with van der Waals surface area (Å²) in [5.74, 6) is -4.43. The van der Waals surface area contributed by atoms with Gasteiger partial charge in [0.1, 0.15) is 0 Å². The second kappa shape index (κ2) is 3.56. The second-order valence-corrected chi connectivity index (χ2v) is 2.08. The minimum atomic E-state index is -2.37. The molecule has 0 spiro atoms. The topological polar surface area (TPSA) is 52.1 Å². The number of aromatic nitrogens is 2. The fourth-order valence-electron chi connectivity index (χ4n) is 0.538. The molecule has 70 valence electrons. The van der Waals surface area contributed by atoms with Crippen LogP contribution in [0.3, 0.4) is 0 Å². The molecule has 0 unspecified atom stereocenters. The van der Waals surface area contributed by atoms with Gasteiger partial charge in [0, 0.05) is 0 Å². The highest BCUT2D eigenvalue weighted by Crippen LogP contribution is 2.20. The summed E-state index contributed by atoms with van der Waals surface area (Å²) >= 11 is 5.02. The van der Waals surface area contributed by atoms with E-state index in [4.69, 9.17) is 11.6 Å². The molecule has 0 bridgehead atoms. The van der Waals surface area contributed by atoms with Crippen LogP contribution in [0.25, 0.3) is 0 Å². The van der Waals surface area contributed by atoms with Gasteiger partial charge in [-0.15, -0.1) is 4.39 Å². The van der Waals surface area contributed by atoms with Crippen molar-refractivity contribution in [3.8, 4) is 5.75 Å². The van der Waals surface area contributed by atoms with Crippen molar-refractivity contribution in [2.45, 2.75) is 0 Å². The lowest BCUT2D eigenvalue weighted by atomic mass is 10.6. The molecule has 4 nitrogen and oxygen atoms in total. The molecule has 0 amide bonds. The van der Waals surface area contributed by atoms with Crippen LogP contribution in [0.2, 0.25) is 5.28 Å². The van der Waals surface area contributed by atoms with Crippen LogP contribution in [0.15, 0.2) is 0 Å². The fraction of sp³-hybridized carbons (Fsp3) is 0. The summed E-state index contributed by atoms with van der Waals surface area (Å²) in [4.78, 5) is 15.3. The Kier molecular flexibility index (Phi) is 2.66. The molecule has 1 aromatic rings. The molecule has 0 N–H and O–H groups in total. The van der Waals surface area contributed by atoms with Gasteiger partial charge in [0.25, 0.3) is 11.9 Å². The molecular formula is C5ClF3N2O2. The van der Waals surface area contributed by atoms with Crippen molar-refractivity contribution in [3.63, 3.8) is 0 Å². The standard InChI is InChI=1S/C5ClF3N2O2/c6-4-10-2(7)1(3(8)11-4)13-5(9)12. The first-order chi connectivity index (χ1) is 6.00. The third-order valence-electron chi connectivity index (χ3n) is 0.938. The quantitative estimate of drug-likeness (QED) is 0.405. The van der Waals surface area contributed by atoms with E-state index in [1.165, 1.54) is 0 Å². The van der Waals surface area contributed by atoms with Crippen molar-refractivity contribution < 1.29 is 22.7 Å². The molecule has 0 fully saturated rings. The molecule has 0 radical (unpaired) electrons. The Bertz CT molecular complexity index is 337. The fourth-order valence-corrected chi connectivity index (χ4v) is 0.687. The lowest BCUT2D eigenvalue weighted by molar-refractivity contribution is 0.169. The smallest absolute Gasteiger partial charge is 0.391 e. The molecule has 0 aliphatic heterocycles. The Balaban J connectivity index is 3.13. The average molecular weight is 213 g/mol. The minimum Gasteiger partial charge on any atom is -0.391 e. The average Bonchev–Trinajstić information content (AvgIpc) is 1.96. The molecule has 0 saturated heterocycles. The SMILES string of the molecule is O=C(F)Oc1c(F)nc(Cl)nc1F. The number of rotatable bonds is 1. The molecule has 1 rings (SSSR count). The van der Waals surface area contributed by atoms with Gasteiger partial charge in [0.15, 0.2) is 0 Å². The summed E-state index contributed by atoms with van der Waals surface area (Å²) in [5, 5.41) is -0.714. The van der Waals surface area contributed by atoms with Gasteiger partial charge in [-0.2, -0.15) is 18.7 Å². The van der Waals surface area contributed by atoms with Crippen LogP contribution < -0.4 is 4.74 Å². The zero-order valence-electron chi connectivity index (χ0n) is 5.72. The first-order valence-corrected chi connectivity index (χ1v) is 3.14. The number of hydrogen-bond donors (Lipinski definition) is 0. The van der Waals surface area contributed by atoms with Gasteiger partial charge < -0.3 is 4.74 Å². The number of ether oxygens (including phenoxy) is 1. The lowest BCUT2D eigenvalue weighted by Crippen LogP contribution is -2.05. The Labute approximate surface area is 74.3 Å². The normalized spacial score (nSPS) is 9.85. The van der Waals surface area contributed by atoms with Gasteiger partial charge in [-0.1, -0.05) is 0 Å². The summed E-state index contributed by atoms with van der Waals surface area (Å²) in [5.41, 5.74) is 0. The van der Waals surface area contributed by atoms with E-state index in [0.717, 1.165) is 0 Å². The first-order valence-electron chi connectivity index (χ1n) is 2.76. The number of hydrogen-bond acceptors (Lipinski definition) is 4. The first kappa shape index (κ1) is 9.72. The Morgan fingerprint density at radius 2 is 1.77 bits per heavy atom. The summed E-state index contributed by atoms with van der Waals surface area (Å²) in [6.45, 7) is 0. The van der Waals surface area contributed by atoms with Crippen molar-refractivity contribution in [3.05, 3.63) is 17.2 Å². The summed E-state index contributed by atoms with van der Waals surface area (Å²) in [6, 6.07) is 0. The lowest BCUT2D eigenvalue weighted by Gasteiger charge is -2.00. The van der Waals surface area contributed by atoms with Crippen LogP contribution in [0.5, 0.6) is 5.75 Å². The van der Waals surface area contributed by atoms with Crippen LogP contribution in [0.4, 0.5) is 18.0 Å². The monoisotopic (exact) mass is 212 g/mol. The van der Waals surface area contributed by atoms with Gasteiger partial charge in [0.05, 0.1) is 0 Å². The van der Waals surface area contributed by atoms with E-state index < -0.39 is 29.2 Å². The van der Waals surface area contributed by atoms with E-state index >= 15 is 0 Å². The highest BCUT2D eigenvalue weighted by atomic mass is 35.5. The van der Waals surface area contributed by atoms with Crippen molar-refractivity contribution in [1.82, 2.24) is 9.97 Å². The van der Waals surface area contributed by atoms with Crippen LogP contribution in [-0.4, -0.2) is 16.2 Å². The summed E-state index contributed by atoms with van der Waals surface area (Å²) < 4.78 is 40.2. The van der Waals surface area contributed by atoms with E-state index in [0.29, 0.717) is 0 Å². The largest absolute Gasteiger partial charge is 0.501 e. The Morgan fingerprint density at radius 3 is 2.15 bits per heavy atom. The molecule has 1 heterocycles. The maximum Gasteiger partial charge on any atom is 0.501 e. The molecule has 0 atom stereocenters. The molecule has 1 aromatic heterocycles. The van der Waals surface area contributed by atoms with Gasteiger partial charge in [-0.05, 0) is 11.6 Å². The van der Waals surface area contributed by atoms with Gasteiger partial charge in [0.2, 0.25) is 11.0 Å². The maximum absolute atomic E-state index is 12.6. The predicted molar refractivity (Wildman–Crippen MR) is 34.1 cm³/mol. The van der Waals surface area contributed by atoms with E-state index in [-0.39, 0.29) is 0 Å². The number of nitrogens with zero attached hydrogens (tertiary/aromatic N) is 2. The molecule has 0 aliphatic rings. The van der Waals surface area contributed by atoms with Crippen LogP contribution >= 0.6 is 11.6 Å². The van der Waals surface area contributed by atoms with Crippen molar-refractivity contribution in [2.75, 3.05) is 0 Å². The van der Waals surface area contributed by atoms with Crippen LogP contribution in [0, 0.1) is 11.9 Å². The van der Waals surface area contributed by atoms with E-state index in [1.807, 2.05) is 0 Å². The van der Waals surface area contributed by atoms with Gasteiger partial charge in [-0.25, -0.2) is 4.79 Å². The zero-order valence-corrected chi connectivity index (χ0v) is 6.48. The Hall–Kier alpha value is -1.37. The molecular weight excluding hydrogens is 213 g/mol. The van der Waals surface area contributed by atoms with Crippen molar-refractivity contribution in [2.24, 2.45) is 0 Å². The van der Waals surface area contributed by atoms with E-state index in [2.05, 4.69) is 14.7 Å². The maximum atomic E-state index is 12.6. The molecule has 0 saturated carbocycles. The van der Waals surface area contributed by atoms with Crippen molar-refractivity contribution >= 4 is 17.8 Å². The number of carbonyl (C=O) groups is 1. The molecule has 0 aromatic carbocycles. The Morgan fingerprint density at radius 1 is 1.31 bits per heavy atom.